The fraction of sp³-hybridized carbons (Fsp3) is 0.200. The van der Waals surface area contributed by atoms with Crippen LogP contribution in [0.25, 0.3) is 11.3 Å². The molecule has 0 spiro atoms. The number of benzene rings is 1. The maximum absolute atomic E-state index is 11.8. The van der Waals surface area contributed by atoms with E-state index in [2.05, 4.69) is 4.98 Å². The minimum absolute atomic E-state index is 0.128. The van der Waals surface area contributed by atoms with Gasteiger partial charge in [0.1, 0.15) is 23.1 Å². The molecule has 20 heavy (non-hydrogen) atoms. The van der Waals surface area contributed by atoms with E-state index in [1.54, 1.807) is 45.4 Å². The monoisotopic (exact) mass is 270 g/mol. The predicted molar refractivity (Wildman–Crippen MR) is 75.1 cm³/mol. The van der Waals surface area contributed by atoms with Crippen molar-refractivity contribution in [3.05, 3.63) is 45.7 Å². The molecule has 0 unspecified atom stereocenters. The van der Waals surface area contributed by atoms with Crippen molar-refractivity contribution in [2.24, 2.45) is 0 Å². The Hall–Kier alpha value is -2.74. The van der Waals surface area contributed by atoms with E-state index >= 15 is 0 Å². The Labute approximate surface area is 116 Å². The third kappa shape index (κ3) is 2.50. The summed E-state index contributed by atoms with van der Waals surface area (Å²) < 4.78 is 10.4. The zero-order chi connectivity index (χ0) is 14.7. The lowest BCUT2D eigenvalue weighted by atomic mass is 10.1. The lowest BCUT2D eigenvalue weighted by Gasteiger charge is -2.09. The van der Waals surface area contributed by atoms with E-state index in [0.29, 0.717) is 22.8 Å². The lowest BCUT2D eigenvalue weighted by Crippen LogP contribution is -2.12. The lowest BCUT2D eigenvalue weighted by molar-refractivity contribution is 0.394. The highest BCUT2D eigenvalue weighted by Crippen LogP contribution is 2.28. The maximum atomic E-state index is 11.8. The average Bonchev–Trinajstić information content (AvgIpc) is 2.46. The number of aryl methyl sites for hydroxylation is 1. The van der Waals surface area contributed by atoms with Crippen molar-refractivity contribution in [3.63, 3.8) is 0 Å². The molecule has 0 saturated heterocycles. The fourth-order valence-corrected chi connectivity index (χ4v) is 1.95. The number of hydrogen-bond acceptors (Lipinski definition) is 4. The first-order valence-electron chi connectivity index (χ1n) is 5.96. The van der Waals surface area contributed by atoms with Crippen molar-refractivity contribution in [2.45, 2.75) is 6.92 Å². The number of H-pyrrole nitrogens is 1. The van der Waals surface area contributed by atoms with Crippen molar-refractivity contribution in [1.82, 2.24) is 4.98 Å². The van der Waals surface area contributed by atoms with Crippen molar-refractivity contribution >= 4 is 0 Å². The number of nitrogens with zero attached hydrogens (tertiary/aromatic N) is 1. The fourth-order valence-electron chi connectivity index (χ4n) is 1.95. The summed E-state index contributed by atoms with van der Waals surface area (Å²) in [5.41, 5.74) is 1.73. The molecule has 2 rings (SSSR count). The first-order chi connectivity index (χ1) is 9.58. The second-order valence-corrected chi connectivity index (χ2v) is 4.28. The molecule has 2 aromatic rings. The van der Waals surface area contributed by atoms with E-state index in [1.165, 1.54) is 0 Å². The minimum Gasteiger partial charge on any atom is -0.497 e. The van der Waals surface area contributed by atoms with Crippen LogP contribution in [0.3, 0.4) is 0 Å². The van der Waals surface area contributed by atoms with Gasteiger partial charge in [0.25, 0.3) is 5.56 Å². The second kappa shape index (κ2) is 5.49. The number of nitriles is 1. The largest absolute Gasteiger partial charge is 0.497 e. The number of methoxy groups -OCH3 is 2. The van der Waals surface area contributed by atoms with Crippen LogP contribution in [0.4, 0.5) is 0 Å². The Morgan fingerprint density at radius 3 is 2.15 bits per heavy atom. The van der Waals surface area contributed by atoms with Gasteiger partial charge < -0.3 is 14.5 Å². The number of aromatic nitrogens is 1. The summed E-state index contributed by atoms with van der Waals surface area (Å²) in [6, 6.07) is 8.98. The molecule has 0 aliphatic carbocycles. The molecule has 5 nitrogen and oxygen atoms in total. The van der Waals surface area contributed by atoms with Crippen LogP contribution in [0.5, 0.6) is 11.5 Å². The average molecular weight is 270 g/mol. The van der Waals surface area contributed by atoms with Crippen molar-refractivity contribution < 1.29 is 9.47 Å². The molecule has 0 amide bonds. The van der Waals surface area contributed by atoms with Gasteiger partial charge in [-0.3, -0.25) is 4.79 Å². The molecule has 0 radical (unpaired) electrons. The number of nitrogens with one attached hydrogen (secondary N) is 1. The van der Waals surface area contributed by atoms with E-state index in [0.717, 1.165) is 5.56 Å². The Kier molecular flexibility index (Phi) is 3.76. The molecule has 1 N–H and O–H groups in total. The summed E-state index contributed by atoms with van der Waals surface area (Å²) in [6.45, 7) is 1.73. The summed E-state index contributed by atoms with van der Waals surface area (Å²) >= 11 is 0. The topological polar surface area (TPSA) is 75.1 Å². The van der Waals surface area contributed by atoms with Crippen LogP contribution in [0, 0.1) is 18.3 Å². The standard InChI is InChI=1S/C15H14N2O3/c1-9-4-14(17-15(18)13(9)8-16)10-5-11(19-2)7-12(6-10)20-3/h4-7H,1-3H3,(H,17,18). The van der Waals surface area contributed by atoms with Crippen LogP contribution in [-0.4, -0.2) is 19.2 Å². The molecule has 0 bridgehead atoms. The summed E-state index contributed by atoms with van der Waals surface area (Å²) in [5, 5.41) is 8.92. The highest BCUT2D eigenvalue weighted by molar-refractivity contribution is 5.65. The van der Waals surface area contributed by atoms with Gasteiger partial charge in [-0.1, -0.05) is 0 Å². The molecular weight excluding hydrogens is 256 g/mol. The van der Waals surface area contributed by atoms with Gasteiger partial charge in [0, 0.05) is 17.3 Å². The van der Waals surface area contributed by atoms with Crippen LogP contribution < -0.4 is 15.0 Å². The molecule has 0 saturated carbocycles. The maximum Gasteiger partial charge on any atom is 0.266 e. The number of aromatic amines is 1. The number of pyridine rings is 1. The zero-order valence-corrected chi connectivity index (χ0v) is 11.5. The van der Waals surface area contributed by atoms with Gasteiger partial charge in [0.15, 0.2) is 0 Å². The summed E-state index contributed by atoms with van der Waals surface area (Å²) in [7, 11) is 3.12. The van der Waals surface area contributed by atoms with Gasteiger partial charge in [0.2, 0.25) is 0 Å². The summed E-state index contributed by atoms with van der Waals surface area (Å²) in [4.78, 5) is 14.5. The first kappa shape index (κ1) is 13.7. The highest BCUT2D eigenvalue weighted by atomic mass is 16.5. The molecule has 1 aromatic heterocycles. The van der Waals surface area contributed by atoms with E-state index in [1.807, 2.05) is 6.07 Å². The van der Waals surface area contributed by atoms with E-state index in [-0.39, 0.29) is 5.56 Å². The van der Waals surface area contributed by atoms with Gasteiger partial charge in [0.05, 0.1) is 14.2 Å². The summed E-state index contributed by atoms with van der Waals surface area (Å²) in [6.07, 6.45) is 0. The Morgan fingerprint density at radius 2 is 1.70 bits per heavy atom. The highest BCUT2D eigenvalue weighted by Gasteiger charge is 2.09. The molecule has 0 aliphatic heterocycles. The van der Waals surface area contributed by atoms with Crippen LogP contribution in [-0.2, 0) is 0 Å². The number of rotatable bonds is 3. The Bertz CT molecular complexity index is 720. The Morgan fingerprint density at radius 1 is 1.10 bits per heavy atom. The zero-order valence-electron chi connectivity index (χ0n) is 11.5. The second-order valence-electron chi connectivity index (χ2n) is 4.28. The SMILES string of the molecule is COc1cc(OC)cc(-c2cc(C)c(C#N)c(=O)[nH]2)c1. The minimum atomic E-state index is -0.399. The predicted octanol–water partition coefficient (Wildman–Crippen LogP) is 2.24. The molecular formula is C15H14N2O3. The first-order valence-corrected chi connectivity index (χ1v) is 5.96. The van der Waals surface area contributed by atoms with E-state index in [4.69, 9.17) is 14.7 Å². The van der Waals surface area contributed by atoms with Gasteiger partial charge in [-0.05, 0) is 30.7 Å². The van der Waals surface area contributed by atoms with Crippen LogP contribution in [0.2, 0.25) is 0 Å². The van der Waals surface area contributed by atoms with Gasteiger partial charge in [-0.25, -0.2) is 0 Å². The Balaban J connectivity index is 2.63. The van der Waals surface area contributed by atoms with Gasteiger partial charge in [-0.2, -0.15) is 5.26 Å². The van der Waals surface area contributed by atoms with Crippen molar-refractivity contribution in [2.75, 3.05) is 14.2 Å². The van der Waals surface area contributed by atoms with Gasteiger partial charge in [-0.15, -0.1) is 0 Å². The third-order valence-corrected chi connectivity index (χ3v) is 3.00. The van der Waals surface area contributed by atoms with E-state index in [9.17, 15) is 4.79 Å². The van der Waals surface area contributed by atoms with Gasteiger partial charge >= 0.3 is 0 Å². The molecule has 1 aromatic carbocycles. The molecule has 0 fully saturated rings. The summed E-state index contributed by atoms with van der Waals surface area (Å²) in [5.74, 6) is 1.25. The molecule has 102 valence electrons. The molecule has 0 atom stereocenters. The molecule has 1 heterocycles. The number of ether oxygens (including phenoxy) is 2. The normalized spacial score (nSPS) is 9.90. The van der Waals surface area contributed by atoms with Crippen LogP contribution in [0.1, 0.15) is 11.1 Å². The third-order valence-electron chi connectivity index (χ3n) is 3.00. The van der Waals surface area contributed by atoms with Crippen LogP contribution >= 0.6 is 0 Å². The van der Waals surface area contributed by atoms with Crippen molar-refractivity contribution in [1.29, 1.82) is 5.26 Å². The smallest absolute Gasteiger partial charge is 0.266 e. The number of hydrogen-bond donors (Lipinski definition) is 1. The van der Waals surface area contributed by atoms with E-state index < -0.39 is 5.56 Å². The van der Waals surface area contributed by atoms with Crippen LogP contribution in [0.15, 0.2) is 29.1 Å². The van der Waals surface area contributed by atoms with Crippen molar-refractivity contribution in [3.8, 4) is 28.8 Å². The quantitative estimate of drug-likeness (QED) is 0.928. The molecule has 0 aliphatic rings. The molecule has 5 heteroatoms.